The van der Waals surface area contributed by atoms with Crippen LogP contribution in [0.5, 0.6) is 0 Å². The molecular weight excluding hydrogens is 308 g/mol. The summed E-state index contributed by atoms with van der Waals surface area (Å²) in [6, 6.07) is 7.37. The zero-order valence-electron chi connectivity index (χ0n) is 14.3. The van der Waals surface area contributed by atoms with Gasteiger partial charge in [-0.3, -0.25) is 14.5 Å². The van der Waals surface area contributed by atoms with Crippen LogP contribution in [-0.4, -0.2) is 47.1 Å². The molecule has 0 bridgehead atoms. The number of nitrogens with zero attached hydrogens (tertiary/aromatic N) is 1. The molecule has 1 aliphatic rings. The molecule has 1 atom stereocenters. The maximum absolute atomic E-state index is 12.1. The van der Waals surface area contributed by atoms with Gasteiger partial charge in [0, 0.05) is 6.54 Å². The summed E-state index contributed by atoms with van der Waals surface area (Å²) in [5.74, 6) is -0.995. The molecule has 1 fully saturated rings. The summed E-state index contributed by atoms with van der Waals surface area (Å²) in [4.78, 5) is 24.9. The molecule has 1 amide bonds. The lowest BCUT2D eigenvalue weighted by molar-refractivity contribution is -0.142. The first-order valence-corrected chi connectivity index (χ1v) is 8.38. The van der Waals surface area contributed by atoms with Crippen LogP contribution in [0.15, 0.2) is 24.3 Å². The molecule has 0 radical (unpaired) electrons. The van der Waals surface area contributed by atoms with E-state index in [2.05, 4.69) is 5.32 Å². The molecular formula is C18H26N2O4. The maximum Gasteiger partial charge on any atom is 0.320 e. The lowest BCUT2D eigenvalue weighted by Crippen LogP contribution is -2.42. The minimum atomic E-state index is -0.849. The molecule has 1 aromatic rings. The molecule has 6 heteroatoms. The van der Waals surface area contributed by atoms with Crippen LogP contribution >= 0.6 is 0 Å². The summed E-state index contributed by atoms with van der Waals surface area (Å²) in [7, 11) is 0. The quantitative estimate of drug-likeness (QED) is 0.757. The van der Waals surface area contributed by atoms with Crippen LogP contribution in [0.3, 0.4) is 0 Å². The van der Waals surface area contributed by atoms with Crippen LogP contribution in [0, 0.1) is 0 Å². The van der Waals surface area contributed by atoms with E-state index >= 15 is 0 Å². The second kappa shape index (κ2) is 8.80. The van der Waals surface area contributed by atoms with Crippen molar-refractivity contribution in [3.63, 3.8) is 0 Å². The number of carboxylic acid groups (broad SMARTS) is 1. The molecule has 1 heterocycles. The number of rotatable bonds is 8. The third-order valence-electron chi connectivity index (χ3n) is 4.06. The highest BCUT2D eigenvalue weighted by molar-refractivity contribution is 5.80. The molecule has 2 rings (SSSR count). The van der Waals surface area contributed by atoms with Gasteiger partial charge in [0.2, 0.25) is 5.91 Å². The van der Waals surface area contributed by atoms with Crippen molar-refractivity contribution in [1.29, 1.82) is 0 Å². The molecule has 0 spiro atoms. The highest BCUT2D eigenvalue weighted by Gasteiger charge is 2.31. The first kappa shape index (κ1) is 18.4. The van der Waals surface area contributed by atoms with Crippen molar-refractivity contribution >= 4 is 11.9 Å². The standard InChI is InChI=1S/C18H26N2O4/c1-13(2)24-12-15-6-3-5-14(9-15)10-19-17(21)11-20-8-4-7-16(20)18(22)23/h3,5-6,9,13,16H,4,7-8,10-12H2,1-2H3,(H,19,21)(H,22,23)/t16-/m1/s1. The summed E-state index contributed by atoms with van der Waals surface area (Å²) < 4.78 is 5.58. The number of likely N-dealkylation sites (tertiary alicyclic amines) is 1. The van der Waals surface area contributed by atoms with E-state index in [1.54, 1.807) is 4.90 Å². The second-order valence-corrected chi connectivity index (χ2v) is 6.42. The highest BCUT2D eigenvalue weighted by Crippen LogP contribution is 2.16. The normalized spacial score (nSPS) is 18.0. The average Bonchev–Trinajstić information content (AvgIpc) is 3.00. The molecule has 6 nitrogen and oxygen atoms in total. The maximum atomic E-state index is 12.1. The van der Waals surface area contributed by atoms with Crippen molar-refractivity contribution in [3.8, 4) is 0 Å². The largest absolute Gasteiger partial charge is 0.480 e. The number of amides is 1. The first-order valence-electron chi connectivity index (χ1n) is 8.38. The predicted octanol–water partition coefficient (Wildman–Crippen LogP) is 1.78. The fraction of sp³-hybridized carbons (Fsp3) is 0.556. The number of benzene rings is 1. The van der Waals surface area contributed by atoms with Crippen LogP contribution < -0.4 is 5.32 Å². The second-order valence-electron chi connectivity index (χ2n) is 6.42. The Hall–Kier alpha value is -1.92. The Morgan fingerprint density at radius 1 is 1.38 bits per heavy atom. The van der Waals surface area contributed by atoms with E-state index in [1.807, 2.05) is 38.1 Å². The van der Waals surface area contributed by atoms with E-state index in [-0.39, 0.29) is 18.6 Å². The lowest BCUT2D eigenvalue weighted by atomic mass is 10.1. The molecule has 0 saturated carbocycles. The van der Waals surface area contributed by atoms with Crippen LogP contribution in [0.25, 0.3) is 0 Å². The zero-order valence-corrected chi connectivity index (χ0v) is 14.3. The smallest absolute Gasteiger partial charge is 0.320 e. The Morgan fingerprint density at radius 2 is 2.12 bits per heavy atom. The van der Waals surface area contributed by atoms with Gasteiger partial charge in [-0.15, -0.1) is 0 Å². The molecule has 1 saturated heterocycles. The third-order valence-corrected chi connectivity index (χ3v) is 4.06. The Bertz CT molecular complexity index is 574. The number of carbonyl (C=O) groups is 2. The molecule has 132 valence electrons. The predicted molar refractivity (Wildman–Crippen MR) is 90.4 cm³/mol. The number of hydrogen-bond donors (Lipinski definition) is 2. The van der Waals surface area contributed by atoms with Crippen LogP contribution in [0.4, 0.5) is 0 Å². The van der Waals surface area contributed by atoms with Gasteiger partial charge in [0.1, 0.15) is 6.04 Å². The van der Waals surface area contributed by atoms with Crippen LogP contribution in [-0.2, 0) is 27.5 Å². The lowest BCUT2D eigenvalue weighted by Gasteiger charge is -2.20. The summed E-state index contributed by atoms with van der Waals surface area (Å²) in [5, 5.41) is 12.0. The SMILES string of the molecule is CC(C)OCc1cccc(CNC(=O)CN2CCC[C@@H]2C(=O)O)c1. The van der Waals surface area contributed by atoms with Crippen LogP contribution in [0.1, 0.15) is 37.8 Å². The van der Waals surface area contributed by atoms with Gasteiger partial charge in [0.25, 0.3) is 0 Å². The molecule has 0 aromatic heterocycles. The summed E-state index contributed by atoms with van der Waals surface area (Å²) in [6.45, 7) is 5.76. The van der Waals surface area contributed by atoms with E-state index in [0.717, 1.165) is 17.5 Å². The van der Waals surface area contributed by atoms with Gasteiger partial charge in [0.15, 0.2) is 0 Å². The molecule has 0 unspecified atom stereocenters. The van der Waals surface area contributed by atoms with E-state index in [9.17, 15) is 9.59 Å². The Morgan fingerprint density at radius 3 is 2.83 bits per heavy atom. The summed E-state index contributed by atoms with van der Waals surface area (Å²) >= 11 is 0. The van der Waals surface area contributed by atoms with E-state index in [0.29, 0.717) is 26.1 Å². The highest BCUT2D eigenvalue weighted by atomic mass is 16.5. The average molecular weight is 334 g/mol. The Balaban J connectivity index is 1.81. The van der Waals surface area contributed by atoms with Gasteiger partial charge in [-0.1, -0.05) is 24.3 Å². The Kier molecular flexibility index (Phi) is 6.75. The van der Waals surface area contributed by atoms with E-state index in [1.165, 1.54) is 0 Å². The fourth-order valence-corrected chi connectivity index (χ4v) is 2.83. The zero-order chi connectivity index (χ0) is 17.5. The van der Waals surface area contributed by atoms with Gasteiger partial charge in [-0.25, -0.2) is 0 Å². The van der Waals surface area contributed by atoms with Crippen molar-refractivity contribution in [2.45, 2.75) is 52.0 Å². The molecule has 24 heavy (non-hydrogen) atoms. The minimum absolute atomic E-state index is 0.132. The van der Waals surface area contributed by atoms with Gasteiger partial charge >= 0.3 is 5.97 Å². The number of carboxylic acids is 1. The molecule has 2 N–H and O–H groups in total. The van der Waals surface area contributed by atoms with Crippen LogP contribution in [0.2, 0.25) is 0 Å². The summed E-state index contributed by atoms with van der Waals surface area (Å²) in [6.07, 6.45) is 1.61. The van der Waals surface area contributed by atoms with Gasteiger partial charge in [-0.2, -0.15) is 0 Å². The first-order chi connectivity index (χ1) is 11.5. The van der Waals surface area contributed by atoms with Gasteiger partial charge < -0.3 is 15.2 Å². The molecule has 0 aliphatic carbocycles. The number of aliphatic carboxylic acids is 1. The van der Waals surface area contributed by atoms with Crippen molar-refractivity contribution in [1.82, 2.24) is 10.2 Å². The Labute approximate surface area is 142 Å². The number of nitrogens with one attached hydrogen (secondary N) is 1. The fourth-order valence-electron chi connectivity index (χ4n) is 2.83. The van der Waals surface area contributed by atoms with Crippen molar-refractivity contribution < 1.29 is 19.4 Å². The van der Waals surface area contributed by atoms with E-state index < -0.39 is 12.0 Å². The number of hydrogen-bond acceptors (Lipinski definition) is 4. The number of ether oxygens (including phenoxy) is 1. The van der Waals surface area contributed by atoms with Crippen molar-refractivity contribution in [3.05, 3.63) is 35.4 Å². The third kappa shape index (κ3) is 5.62. The van der Waals surface area contributed by atoms with Crippen molar-refractivity contribution in [2.75, 3.05) is 13.1 Å². The topological polar surface area (TPSA) is 78.9 Å². The molecule has 1 aromatic carbocycles. The molecule has 1 aliphatic heterocycles. The summed E-state index contributed by atoms with van der Waals surface area (Å²) in [5.41, 5.74) is 2.07. The van der Waals surface area contributed by atoms with Crippen molar-refractivity contribution in [2.24, 2.45) is 0 Å². The number of carbonyl (C=O) groups excluding carboxylic acids is 1. The monoisotopic (exact) mass is 334 g/mol. The van der Waals surface area contributed by atoms with Gasteiger partial charge in [-0.05, 0) is 44.4 Å². The van der Waals surface area contributed by atoms with E-state index in [4.69, 9.17) is 9.84 Å². The minimum Gasteiger partial charge on any atom is -0.480 e. The van der Waals surface area contributed by atoms with Gasteiger partial charge in [0.05, 0.1) is 19.3 Å².